The maximum absolute atomic E-state index is 13.7. The lowest BCUT2D eigenvalue weighted by Crippen LogP contribution is -1.94. The van der Waals surface area contributed by atoms with Gasteiger partial charge in [0.25, 0.3) is 5.69 Å². The Morgan fingerprint density at radius 3 is 2.50 bits per heavy atom. The Labute approximate surface area is 123 Å². The van der Waals surface area contributed by atoms with E-state index in [-0.39, 0.29) is 27.2 Å². The van der Waals surface area contributed by atoms with Gasteiger partial charge in [0.2, 0.25) is 0 Å². The highest BCUT2D eigenvalue weighted by Crippen LogP contribution is 2.35. The zero-order chi connectivity index (χ0) is 14.9. The van der Waals surface area contributed by atoms with Gasteiger partial charge in [-0.05, 0) is 31.2 Å². The van der Waals surface area contributed by atoms with Crippen LogP contribution in [0.25, 0.3) is 0 Å². The number of aryl methyl sites for hydroxylation is 1. The molecule has 0 atom stereocenters. The summed E-state index contributed by atoms with van der Waals surface area (Å²) < 4.78 is 19.0. The maximum Gasteiger partial charge on any atom is 0.272 e. The van der Waals surface area contributed by atoms with Crippen molar-refractivity contribution >= 4 is 28.9 Å². The lowest BCUT2D eigenvalue weighted by molar-refractivity contribution is -0.385. The summed E-state index contributed by atoms with van der Waals surface area (Å²) in [6.07, 6.45) is 0. The molecule has 0 aliphatic rings. The van der Waals surface area contributed by atoms with Gasteiger partial charge in [0, 0.05) is 16.7 Å². The first-order valence-electron chi connectivity index (χ1n) is 5.46. The maximum atomic E-state index is 13.7. The summed E-state index contributed by atoms with van der Waals surface area (Å²) in [6.45, 7) is 1.56. The average molecular weight is 316 g/mol. The molecular weight excluding hydrogens is 308 g/mol. The van der Waals surface area contributed by atoms with Crippen LogP contribution >= 0.6 is 23.2 Å². The van der Waals surface area contributed by atoms with Crippen LogP contribution in [-0.4, -0.2) is 4.92 Å². The molecule has 0 heterocycles. The van der Waals surface area contributed by atoms with Crippen LogP contribution in [-0.2, 0) is 0 Å². The van der Waals surface area contributed by atoms with Crippen LogP contribution in [0.5, 0.6) is 11.5 Å². The van der Waals surface area contributed by atoms with Crippen molar-refractivity contribution in [2.75, 3.05) is 0 Å². The van der Waals surface area contributed by atoms with Crippen LogP contribution in [0.15, 0.2) is 30.3 Å². The first-order valence-corrected chi connectivity index (χ1v) is 6.21. The van der Waals surface area contributed by atoms with Crippen LogP contribution in [0, 0.1) is 22.9 Å². The minimum Gasteiger partial charge on any atom is -0.453 e. The highest BCUT2D eigenvalue weighted by molar-refractivity contribution is 6.35. The van der Waals surface area contributed by atoms with Gasteiger partial charge in [-0.3, -0.25) is 10.1 Å². The van der Waals surface area contributed by atoms with Gasteiger partial charge in [0.05, 0.1) is 9.95 Å². The topological polar surface area (TPSA) is 52.4 Å². The normalized spacial score (nSPS) is 10.4. The van der Waals surface area contributed by atoms with E-state index in [4.69, 9.17) is 27.9 Å². The second-order valence-electron chi connectivity index (χ2n) is 4.01. The molecule has 7 heteroatoms. The average Bonchev–Trinajstić information content (AvgIpc) is 2.33. The Bertz CT molecular complexity index is 668. The second-order valence-corrected chi connectivity index (χ2v) is 4.85. The summed E-state index contributed by atoms with van der Waals surface area (Å²) >= 11 is 11.5. The predicted octanol–water partition coefficient (Wildman–Crippen LogP) is 5.14. The van der Waals surface area contributed by atoms with Crippen LogP contribution in [0.4, 0.5) is 10.1 Å². The minimum absolute atomic E-state index is 0.0194. The van der Waals surface area contributed by atoms with Crippen LogP contribution in [0.1, 0.15) is 5.56 Å². The van der Waals surface area contributed by atoms with E-state index in [1.54, 1.807) is 6.92 Å². The smallest absolute Gasteiger partial charge is 0.272 e. The molecule has 0 saturated heterocycles. The molecule has 2 aromatic carbocycles. The van der Waals surface area contributed by atoms with Gasteiger partial charge in [-0.1, -0.05) is 23.2 Å². The summed E-state index contributed by atoms with van der Waals surface area (Å²) in [4.78, 5) is 10.2. The van der Waals surface area contributed by atoms with Gasteiger partial charge in [-0.25, -0.2) is 4.39 Å². The first-order chi connectivity index (χ1) is 9.38. The van der Waals surface area contributed by atoms with Crippen LogP contribution in [0.3, 0.4) is 0 Å². The fourth-order valence-electron chi connectivity index (χ4n) is 1.64. The molecule has 0 spiro atoms. The lowest BCUT2D eigenvalue weighted by atomic mass is 10.2. The Balaban J connectivity index is 2.36. The molecule has 2 aromatic rings. The molecule has 0 radical (unpaired) electrons. The second kappa shape index (κ2) is 5.64. The molecule has 0 fully saturated rings. The van der Waals surface area contributed by atoms with Crippen molar-refractivity contribution in [3.63, 3.8) is 0 Å². The number of hydrogen-bond donors (Lipinski definition) is 0. The molecule has 0 amide bonds. The van der Waals surface area contributed by atoms with E-state index in [0.29, 0.717) is 5.56 Å². The third kappa shape index (κ3) is 3.00. The monoisotopic (exact) mass is 315 g/mol. The summed E-state index contributed by atoms with van der Waals surface area (Å²) in [5, 5.41) is 10.9. The van der Waals surface area contributed by atoms with Crippen LogP contribution < -0.4 is 4.74 Å². The molecule has 0 saturated carbocycles. The molecule has 0 aliphatic heterocycles. The standard InChI is InChI=1S/C13H8Cl2FNO3/c1-7-4-9(2-3-12(7)17(18)19)20-13-10(15)5-8(14)6-11(13)16/h2-6H,1H3. The molecule has 0 aromatic heterocycles. The number of nitrogens with zero attached hydrogens (tertiary/aromatic N) is 1. The molecule has 0 unspecified atom stereocenters. The first kappa shape index (κ1) is 14.6. The van der Waals surface area contributed by atoms with Crippen molar-refractivity contribution in [3.05, 3.63) is 61.9 Å². The van der Waals surface area contributed by atoms with Crippen molar-refractivity contribution in [1.82, 2.24) is 0 Å². The van der Waals surface area contributed by atoms with E-state index in [1.165, 1.54) is 24.3 Å². The Morgan fingerprint density at radius 1 is 1.25 bits per heavy atom. The van der Waals surface area contributed by atoms with Gasteiger partial charge in [0.15, 0.2) is 11.6 Å². The van der Waals surface area contributed by atoms with E-state index in [2.05, 4.69) is 0 Å². The fraction of sp³-hybridized carbons (Fsp3) is 0.0769. The highest BCUT2D eigenvalue weighted by Gasteiger charge is 2.15. The number of ether oxygens (including phenoxy) is 1. The SMILES string of the molecule is Cc1cc(Oc2c(F)cc(Cl)cc2Cl)ccc1[N+](=O)[O-]. The summed E-state index contributed by atoms with van der Waals surface area (Å²) in [5.41, 5.74) is 0.359. The molecule has 0 N–H and O–H groups in total. The number of halogens is 3. The highest BCUT2D eigenvalue weighted by atomic mass is 35.5. The van der Waals surface area contributed by atoms with Gasteiger partial charge >= 0.3 is 0 Å². The molecular formula is C13H8Cl2FNO3. The largest absolute Gasteiger partial charge is 0.453 e. The van der Waals surface area contributed by atoms with Crippen LogP contribution in [0.2, 0.25) is 10.0 Å². The Kier molecular flexibility index (Phi) is 4.11. The van der Waals surface area contributed by atoms with E-state index < -0.39 is 10.7 Å². The minimum atomic E-state index is -0.710. The zero-order valence-electron chi connectivity index (χ0n) is 10.2. The number of rotatable bonds is 3. The predicted molar refractivity (Wildman–Crippen MR) is 74.3 cm³/mol. The summed E-state index contributed by atoms with van der Waals surface area (Å²) in [7, 11) is 0. The van der Waals surface area contributed by atoms with Crippen molar-refractivity contribution in [2.24, 2.45) is 0 Å². The quantitative estimate of drug-likeness (QED) is 0.582. The zero-order valence-corrected chi connectivity index (χ0v) is 11.7. The number of benzene rings is 2. The molecule has 0 aliphatic carbocycles. The lowest BCUT2D eigenvalue weighted by Gasteiger charge is -2.09. The van der Waals surface area contributed by atoms with Gasteiger partial charge in [-0.15, -0.1) is 0 Å². The number of nitro benzene ring substituents is 1. The van der Waals surface area contributed by atoms with E-state index in [1.807, 2.05) is 0 Å². The summed E-state index contributed by atoms with van der Waals surface area (Å²) in [5.74, 6) is -0.640. The molecule has 104 valence electrons. The number of hydrogen-bond acceptors (Lipinski definition) is 3. The third-order valence-electron chi connectivity index (χ3n) is 2.55. The molecule has 20 heavy (non-hydrogen) atoms. The Morgan fingerprint density at radius 2 is 1.95 bits per heavy atom. The van der Waals surface area contributed by atoms with Gasteiger partial charge in [-0.2, -0.15) is 0 Å². The van der Waals surface area contributed by atoms with Crippen molar-refractivity contribution in [2.45, 2.75) is 6.92 Å². The van der Waals surface area contributed by atoms with Crippen molar-refractivity contribution in [3.8, 4) is 11.5 Å². The fourth-order valence-corrected chi connectivity index (χ4v) is 2.15. The third-order valence-corrected chi connectivity index (χ3v) is 3.05. The van der Waals surface area contributed by atoms with Crippen molar-refractivity contribution < 1.29 is 14.1 Å². The molecule has 0 bridgehead atoms. The molecule has 2 rings (SSSR count). The Hall–Kier alpha value is -1.85. The van der Waals surface area contributed by atoms with Gasteiger partial charge < -0.3 is 4.74 Å². The van der Waals surface area contributed by atoms with Crippen molar-refractivity contribution in [1.29, 1.82) is 0 Å². The summed E-state index contributed by atoms with van der Waals surface area (Å²) in [6, 6.07) is 6.51. The van der Waals surface area contributed by atoms with Gasteiger partial charge in [0.1, 0.15) is 5.75 Å². The molecule has 4 nitrogen and oxygen atoms in total. The van der Waals surface area contributed by atoms with E-state index >= 15 is 0 Å². The van der Waals surface area contributed by atoms with E-state index in [0.717, 1.165) is 6.07 Å². The number of nitro groups is 1. The van der Waals surface area contributed by atoms with E-state index in [9.17, 15) is 14.5 Å².